The summed E-state index contributed by atoms with van der Waals surface area (Å²) in [6, 6.07) is 15.4. The van der Waals surface area contributed by atoms with Crippen molar-refractivity contribution < 1.29 is 4.39 Å². The lowest BCUT2D eigenvalue weighted by Gasteiger charge is -2.17. The Kier molecular flexibility index (Phi) is 4.69. The van der Waals surface area contributed by atoms with Crippen LogP contribution in [-0.4, -0.2) is 6.54 Å². The Morgan fingerprint density at radius 3 is 2.32 bits per heavy atom. The van der Waals surface area contributed by atoms with Gasteiger partial charge in [0.25, 0.3) is 0 Å². The topological polar surface area (TPSA) is 12.0 Å². The minimum absolute atomic E-state index is 0.193. The summed E-state index contributed by atoms with van der Waals surface area (Å²) in [6.07, 6.45) is 1.04. The molecule has 1 nitrogen and oxygen atoms in total. The van der Waals surface area contributed by atoms with Crippen molar-refractivity contribution in [2.45, 2.75) is 26.3 Å². The van der Waals surface area contributed by atoms with Crippen molar-refractivity contribution in [2.24, 2.45) is 0 Å². The highest BCUT2D eigenvalue weighted by atomic mass is 19.1. The molecule has 0 aliphatic heterocycles. The second kappa shape index (κ2) is 6.48. The highest BCUT2D eigenvalue weighted by Gasteiger charge is 2.08. The first kappa shape index (κ1) is 13.8. The molecule has 0 spiro atoms. The molecule has 0 bridgehead atoms. The van der Waals surface area contributed by atoms with Crippen LogP contribution in [0.1, 0.15) is 31.9 Å². The Labute approximate surface area is 114 Å². The Bertz CT molecular complexity index is 536. The van der Waals surface area contributed by atoms with Crippen molar-refractivity contribution in [3.8, 4) is 11.1 Å². The van der Waals surface area contributed by atoms with Gasteiger partial charge in [-0.15, -0.1) is 0 Å². The maximum Gasteiger partial charge on any atom is 0.123 e. The molecule has 0 heterocycles. The fourth-order valence-electron chi connectivity index (χ4n) is 2.35. The molecule has 0 saturated carbocycles. The fourth-order valence-corrected chi connectivity index (χ4v) is 2.35. The van der Waals surface area contributed by atoms with Gasteiger partial charge >= 0.3 is 0 Å². The standard InChI is InChI=1S/C17H20FN/c1-3-17(19-4-2)15-9-5-7-13(11-15)14-8-6-10-16(18)12-14/h5-12,17,19H,3-4H2,1-2H3. The minimum Gasteiger partial charge on any atom is -0.310 e. The molecular formula is C17H20FN. The van der Waals surface area contributed by atoms with Crippen LogP contribution in [0.15, 0.2) is 48.5 Å². The summed E-state index contributed by atoms with van der Waals surface area (Å²) in [5.41, 5.74) is 3.24. The second-order valence-electron chi connectivity index (χ2n) is 4.65. The molecule has 0 saturated heterocycles. The van der Waals surface area contributed by atoms with Crippen LogP contribution in [0.4, 0.5) is 4.39 Å². The largest absolute Gasteiger partial charge is 0.310 e. The Balaban J connectivity index is 2.33. The Morgan fingerprint density at radius 2 is 1.68 bits per heavy atom. The highest BCUT2D eigenvalue weighted by Crippen LogP contribution is 2.25. The summed E-state index contributed by atoms with van der Waals surface area (Å²) in [5.74, 6) is -0.193. The number of halogens is 1. The van der Waals surface area contributed by atoms with Gasteiger partial charge in [-0.05, 0) is 47.9 Å². The fraction of sp³-hybridized carbons (Fsp3) is 0.294. The van der Waals surface area contributed by atoms with Crippen molar-refractivity contribution in [1.82, 2.24) is 5.32 Å². The summed E-state index contributed by atoms with van der Waals surface area (Å²) in [7, 11) is 0. The molecule has 2 rings (SSSR count). The summed E-state index contributed by atoms with van der Waals surface area (Å²) >= 11 is 0. The van der Waals surface area contributed by atoms with Gasteiger partial charge in [-0.1, -0.05) is 44.2 Å². The number of rotatable bonds is 5. The van der Waals surface area contributed by atoms with Crippen molar-refractivity contribution in [2.75, 3.05) is 6.54 Å². The molecule has 1 N–H and O–H groups in total. The molecule has 0 aromatic heterocycles. The van der Waals surface area contributed by atoms with E-state index in [1.54, 1.807) is 12.1 Å². The van der Waals surface area contributed by atoms with E-state index in [2.05, 4.69) is 31.3 Å². The molecular weight excluding hydrogens is 237 g/mol. The number of benzene rings is 2. The molecule has 0 aliphatic rings. The Hall–Kier alpha value is -1.67. The third-order valence-corrected chi connectivity index (χ3v) is 3.31. The molecule has 1 atom stereocenters. The molecule has 2 heteroatoms. The zero-order valence-electron chi connectivity index (χ0n) is 11.5. The molecule has 0 radical (unpaired) electrons. The SMILES string of the molecule is CCNC(CC)c1cccc(-c2cccc(F)c2)c1. The lowest BCUT2D eigenvalue weighted by atomic mass is 9.98. The molecule has 0 fully saturated rings. The van der Waals surface area contributed by atoms with Crippen LogP contribution in [0, 0.1) is 5.82 Å². The van der Waals surface area contributed by atoms with E-state index in [-0.39, 0.29) is 5.82 Å². The molecule has 100 valence electrons. The summed E-state index contributed by atoms with van der Waals surface area (Å²) in [5, 5.41) is 3.46. The Morgan fingerprint density at radius 1 is 1.00 bits per heavy atom. The van der Waals surface area contributed by atoms with Gasteiger partial charge in [-0.2, -0.15) is 0 Å². The predicted octanol–water partition coefficient (Wildman–Crippen LogP) is 4.55. The average molecular weight is 257 g/mol. The predicted molar refractivity (Wildman–Crippen MR) is 78.5 cm³/mol. The lowest BCUT2D eigenvalue weighted by molar-refractivity contribution is 0.537. The zero-order valence-corrected chi connectivity index (χ0v) is 11.5. The first-order valence-electron chi connectivity index (χ1n) is 6.84. The van der Waals surface area contributed by atoms with E-state index in [9.17, 15) is 4.39 Å². The van der Waals surface area contributed by atoms with Gasteiger partial charge in [0, 0.05) is 6.04 Å². The number of hydrogen-bond acceptors (Lipinski definition) is 1. The quantitative estimate of drug-likeness (QED) is 0.828. The number of nitrogens with one attached hydrogen (secondary N) is 1. The van der Waals surface area contributed by atoms with E-state index in [0.29, 0.717) is 6.04 Å². The van der Waals surface area contributed by atoms with Gasteiger partial charge < -0.3 is 5.32 Å². The summed E-state index contributed by atoms with van der Waals surface area (Å²) in [4.78, 5) is 0. The van der Waals surface area contributed by atoms with Crippen LogP contribution in [0.2, 0.25) is 0 Å². The smallest absolute Gasteiger partial charge is 0.123 e. The van der Waals surface area contributed by atoms with Gasteiger partial charge in [0.1, 0.15) is 5.82 Å². The van der Waals surface area contributed by atoms with Gasteiger partial charge in [-0.25, -0.2) is 4.39 Å². The molecule has 0 aliphatic carbocycles. The summed E-state index contributed by atoms with van der Waals surface area (Å²) < 4.78 is 13.3. The van der Waals surface area contributed by atoms with E-state index in [4.69, 9.17) is 0 Å². The van der Waals surface area contributed by atoms with Gasteiger partial charge in [0.05, 0.1) is 0 Å². The van der Waals surface area contributed by atoms with E-state index >= 15 is 0 Å². The first-order chi connectivity index (χ1) is 9.24. The minimum atomic E-state index is -0.193. The van der Waals surface area contributed by atoms with E-state index in [1.807, 2.05) is 18.2 Å². The average Bonchev–Trinajstić information content (AvgIpc) is 2.45. The monoisotopic (exact) mass is 257 g/mol. The molecule has 2 aromatic carbocycles. The third kappa shape index (κ3) is 3.42. The van der Waals surface area contributed by atoms with Crippen molar-refractivity contribution >= 4 is 0 Å². The second-order valence-corrected chi connectivity index (χ2v) is 4.65. The van der Waals surface area contributed by atoms with Crippen molar-refractivity contribution in [3.63, 3.8) is 0 Å². The van der Waals surface area contributed by atoms with Crippen LogP contribution in [0.5, 0.6) is 0 Å². The van der Waals surface area contributed by atoms with Gasteiger partial charge in [0.15, 0.2) is 0 Å². The molecule has 19 heavy (non-hydrogen) atoms. The van der Waals surface area contributed by atoms with Crippen LogP contribution >= 0.6 is 0 Å². The maximum atomic E-state index is 13.3. The van der Waals surface area contributed by atoms with Crippen LogP contribution in [0.3, 0.4) is 0 Å². The molecule has 1 unspecified atom stereocenters. The zero-order chi connectivity index (χ0) is 13.7. The van der Waals surface area contributed by atoms with E-state index < -0.39 is 0 Å². The lowest BCUT2D eigenvalue weighted by Crippen LogP contribution is -2.19. The third-order valence-electron chi connectivity index (χ3n) is 3.31. The molecule has 0 amide bonds. The van der Waals surface area contributed by atoms with Crippen LogP contribution < -0.4 is 5.32 Å². The molecule has 2 aromatic rings. The summed E-state index contributed by atoms with van der Waals surface area (Å²) in [6.45, 7) is 5.23. The normalized spacial score (nSPS) is 12.4. The number of hydrogen-bond donors (Lipinski definition) is 1. The van der Waals surface area contributed by atoms with Crippen molar-refractivity contribution in [3.05, 3.63) is 59.9 Å². The highest BCUT2D eigenvalue weighted by molar-refractivity contribution is 5.64. The van der Waals surface area contributed by atoms with Crippen LogP contribution in [0.25, 0.3) is 11.1 Å². The first-order valence-corrected chi connectivity index (χ1v) is 6.84. The van der Waals surface area contributed by atoms with Crippen molar-refractivity contribution in [1.29, 1.82) is 0 Å². The van der Waals surface area contributed by atoms with E-state index in [0.717, 1.165) is 24.1 Å². The van der Waals surface area contributed by atoms with Crippen LogP contribution in [-0.2, 0) is 0 Å². The van der Waals surface area contributed by atoms with Gasteiger partial charge in [-0.3, -0.25) is 0 Å². The van der Waals surface area contributed by atoms with E-state index in [1.165, 1.54) is 11.6 Å². The van der Waals surface area contributed by atoms with Gasteiger partial charge in [0.2, 0.25) is 0 Å². The maximum absolute atomic E-state index is 13.3.